The number of phenolic OH excluding ortho intramolecular Hbond substituents is 1. The van der Waals surface area contributed by atoms with Gasteiger partial charge in [0.05, 0.1) is 6.10 Å². The highest BCUT2D eigenvalue weighted by atomic mass is 19.1. The highest BCUT2D eigenvalue weighted by molar-refractivity contribution is 5.71. The summed E-state index contributed by atoms with van der Waals surface area (Å²) in [4.78, 5) is 0. The largest absolute Gasteiger partial charge is 0.507 e. The Labute approximate surface area is 105 Å². The number of phenols is 1. The van der Waals surface area contributed by atoms with Crippen molar-refractivity contribution in [2.45, 2.75) is 18.9 Å². The number of ether oxygens (including phenoxy) is 1. The lowest BCUT2D eigenvalue weighted by atomic mass is 10.0. The van der Waals surface area contributed by atoms with Crippen LogP contribution in [-0.4, -0.2) is 11.2 Å². The van der Waals surface area contributed by atoms with E-state index in [0.717, 1.165) is 30.2 Å². The lowest BCUT2D eigenvalue weighted by Crippen LogP contribution is -1.95. The summed E-state index contributed by atoms with van der Waals surface area (Å²) in [5, 5.41) is 9.75. The van der Waals surface area contributed by atoms with Crippen LogP contribution in [0.2, 0.25) is 0 Å². The molecule has 0 atom stereocenters. The standard InChI is InChI=1S/C15H13FO2/c16-11-4-7-14(15(17)9-11)10-2-1-3-13(8-10)18-12-5-6-12/h1-4,7-9,12,17H,5-6H2. The molecule has 3 rings (SSSR count). The second-order valence-electron chi connectivity index (χ2n) is 4.51. The molecule has 3 heteroatoms. The molecule has 2 nitrogen and oxygen atoms in total. The third-order valence-electron chi connectivity index (χ3n) is 2.93. The third kappa shape index (κ3) is 2.30. The first-order valence-electron chi connectivity index (χ1n) is 5.98. The van der Waals surface area contributed by atoms with Gasteiger partial charge in [-0.1, -0.05) is 12.1 Å². The van der Waals surface area contributed by atoms with Gasteiger partial charge in [0.2, 0.25) is 0 Å². The summed E-state index contributed by atoms with van der Waals surface area (Å²) < 4.78 is 18.6. The van der Waals surface area contributed by atoms with Crippen LogP contribution in [-0.2, 0) is 0 Å². The highest BCUT2D eigenvalue weighted by Gasteiger charge is 2.23. The van der Waals surface area contributed by atoms with Crippen molar-refractivity contribution in [1.29, 1.82) is 0 Å². The Bertz CT molecular complexity index is 576. The average Bonchev–Trinajstić information content (AvgIpc) is 3.13. The van der Waals surface area contributed by atoms with Crippen molar-refractivity contribution >= 4 is 0 Å². The fourth-order valence-corrected chi connectivity index (χ4v) is 1.86. The molecule has 1 saturated carbocycles. The number of aromatic hydroxyl groups is 1. The minimum absolute atomic E-state index is 0.0569. The van der Waals surface area contributed by atoms with Crippen LogP contribution in [0.4, 0.5) is 4.39 Å². The SMILES string of the molecule is Oc1cc(F)ccc1-c1cccc(OC2CC2)c1. The first-order chi connectivity index (χ1) is 8.72. The van der Waals surface area contributed by atoms with Gasteiger partial charge in [-0.05, 0) is 42.7 Å². The zero-order chi connectivity index (χ0) is 12.5. The number of rotatable bonds is 3. The molecule has 2 aromatic rings. The number of hydrogen-bond donors (Lipinski definition) is 1. The Morgan fingerprint density at radius 2 is 1.94 bits per heavy atom. The molecule has 0 aromatic heterocycles. The van der Waals surface area contributed by atoms with Crippen molar-refractivity contribution in [3.05, 3.63) is 48.3 Å². The van der Waals surface area contributed by atoms with E-state index in [2.05, 4.69) is 0 Å². The molecule has 1 aliphatic carbocycles. The van der Waals surface area contributed by atoms with Gasteiger partial charge >= 0.3 is 0 Å². The van der Waals surface area contributed by atoms with Gasteiger partial charge in [-0.2, -0.15) is 0 Å². The van der Waals surface area contributed by atoms with Crippen molar-refractivity contribution in [2.75, 3.05) is 0 Å². The maximum atomic E-state index is 12.9. The first-order valence-corrected chi connectivity index (χ1v) is 5.98. The lowest BCUT2D eigenvalue weighted by Gasteiger charge is -2.08. The van der Waals surface area contributed by atoms with Gasteiger partial charge in [0, 0.05) is 11.6 Å². The maximum absolute atomic E-state index is 12.9. The van der Waals surface area contributed by atoms with Crippen molar-refractivity contribution in [1.82, 2.24) is 0 Å². The fraction of sp³-hybridized carbons (Fsp3) is 0.200. The maximum Gasteiger partial charge on any atom is 0.126 e. The van der Waals surface area contributed by atoms with Gasteiger partial charge in [-0.25, -0.2) is 4.39 Å². The molecule has 1 aliphatic rings. The van der Waals surface area contributed by atoms with Gasteiger partial charge < -0.3 is 9.84 Å². The lowest BCUT2D eigenvalue weighted by molar-refractivity contribution is 0.303. The molecule has 0 aliphatic heterocycles. The molecule has 0 radical (unpaired) electrons. The molecule has 0 heterocycles. The van der Waals surface area contributed by atoms with E-state index in [9.17, 15) is 9.50 Å². The molecule has 0 amide bonds. The van der Waals surface area contributed by atoms with E-state index in [1.165, 1.54) is 6.07 Å². The summed E-state index contributed by atoms with van der Waals surface area (Å²) in [7, 11) is 0. The predicted octanol–water partition coefficient (Wildman–Crippen LogP) is 3.74. The Hall–Kier alpha value is -2.03. The number of hydrogen-bond acceptors (Lipinski definition) is 2. The van der Waals surface area contributed by atoms with Crippen LogP contribution in [0.1, 0.15) is 12.8 Å². The van der Waals surface area contributed by atoms with Crippen molar-refractivity contribution in [2.24, 2.45) is 0 Å². The molecule has 0 saturated heterocycles. The zero-order valence-electron chi connectivity index (χ0n) is 9.77. The summed E-state index contributed by atoms with van der Waals surface area (Å²) in [6.07, 6.45) is 2.54. The second kappa shape index (κ2) is 4.33. The number of halogens is 1. The van der Waals surface area contributed by atoms with Crippen LogP contribution in [0.15, 0.2) is 42.5 Å². The first kappa shape index (κ1) is 11.1. The monoisotopic (exact) mass is 244 g/mol. The van der Waals surface area contributed by atoms with Gasteiger partial charge in [0.1, 0.15) is 17.3 Å². The summed E-state index contributed by atoms with van der Waals surface area (Å²) in [5.74, 6) is 0.291. The van der Waals surface area contributed by atoms with E-state index in [-0.39, 0.29) is 5.75 Å². The highest BCUT2D eigenvalue weighted by Crippen LogP contribution is 2.33. The van der Waals surface area contributed by atoms with Crippen LogP contribution < -0.4 is 4.74 Å². The van der Waals surface area contributed by atoms with Crippen LogP contribution in [0.25, 0.3) is 11.1 Å². The normalized spacial score (nSPS) is 14.5. The van der Waals surface area contributed by atoms with Gasteiger partial charge in [-0.3, -0.25) is 0 Å². The second-order valence-corrected chi connectivity index (χ2v) is 4.51. The van der Waals surface area contributed by atoms with Crippen LogP contribution in [0, 0.1) is 5.82 Å². The molecule has 0 unspecified atom stereocenters. The van der Waals surface area contributed by atoms with Gasteiger partial charge in [0.25, 0.3) is 0 Å². The minimum atomic E-state index is -0.443. The van der Waals surface area contributed by atoms with E-state index in [4.69, 9.17) is 4.74 Å². The Balaban J connectivity index is 1.94. The molecular weight excluding hydrogens is 231 g/mol. The van der Waals surface area contributed by atoms with Crippen molar-refractivity contribution in [3.8, 4) is 22.6 Å². The van der Waals surface area contributed by atoms with Gasteiger partial charge in [0.15, 0.2) is 0 Å². The number of benzene rings is 2. The van der Waals surface area contributed by atoms with E-state index in [1.807, 2.05) is 24.3 Å². The smallest absolute Gasteiger partial charge is 0.126 e. The van der Waals surface area contributed by atoms with Crippen LogP contribution in [0.5, 0.6) is 11.5 Å². The summed E-state index contributed by atoms with van der Waals surface area (Å²) in [6.45, 7) is 0. The molecule has 18 heavy (non-hydrogen) atoms. The third-order valence-corrected chi connectivity index (χ3v) is 2.93. The van der Waals surface area contributed by atoms with E-state index in [1.54, 1.807) is 6.07 Å². The summed E-state index contributed by atoms with van der Waals surface area (Å²) >= 11 is 0. The fourth-order valence-electron chi connectivity index (χ4n) is 1.86. The van der Waals surface area contributed by atoms with Crippen molar-refractivity contribution < 1.29 is 14.2 Å². The zero-order valence-corrected chi connectivity index (χ0v) is 9.77. The molecule has 1 fully saturated rings. The molecule has 0 spiro atoms. The van der Waals surface area contributed by atoms with E-state index < -0.39 is 5.82 Å². The van der Waals surface area contributed by atoms with E-state index >= 15 is 0 Å². The Morgan fingerprint density at radius 3 is 2.67 bits per heavy atom. The quantitative estimate of drug-likeness (QED) is 0.891. The Morgan fingerprint density at radius 1 is 1.11 bits per heavy atom. The van der Waals surface area contributed by atoms with Crippen molar-refractivity contribution in [3.63, 3.8) is 0 Å². The van der Waals surface area contributed by atoms with Crippen LogP contribution in [0.3, 0.4) is 0 Å². The van der Waals surface area contributed by atoms with Crippen LogP contribution >= 0.6 is 0 Å². The Kier molecular flexibility index (Phi) is 2.67. The van der Waals surface area contributed by atoms with Gasteiger partial charge in [-0.15, -0.1) is 0 Å². The molecule has 0 bridgehead atoms. The average molecular weight is 244 g/mol. The predicted molar refractivity (Wildman–Crippen MR) is 67.2 cm³/mol. The minimum Gasteiger partial charge on any atom is -0.507 e. The van der Waals surface area contributed by atoms with E-state index in [0.29, 0.717) is 11.7 Å². The summed E-state index contributed by atoms with van der Waals surface area (Å²) in [5.41, 5.74) is 1.43. The molecular formula is C15H13FO2. The molecule has 1 N–H and O–H groups in total. The topological polar surface area (TPSA) is 29.5 Å². The summed E-state index contributed by atoms with van der Waals surface area (Å²) in [6, 6.07) is 11.5. The molecule has 2 aromatic carbocycles. The molecule has 92 valence electrons.